The van der Waals surface area contributed by atoms with Crippen LogP contribution in [0.3, 0.4) is 0 Å². The van der Waals surface area contributed by atoms with Crippen molar-refractivity contribution in [3.05, 3.63) is 100 Å². The van der Waals surface area contributed by atoms with Gasteiger partial charge in [-0.1, -0.05) is 73.6 Å². The summed E-state index contributed by atoms with van der Waals surface area (Å²) in [6, 6.07) is 22.0. The number of nitrogens with one attached hydrogen (secondary N) is 1. The van der Waals surface area contributed by atoms with Crippen LogP contribution in [0, 0.1) is 6.92 Å². The maximum absolute atomic E-state index is 13.8. The Morgan fingerprint density at radius 3 is 2.33 bits per heavy atom. The van der Waals surface area contributed by atoms with Crippen LogP contribution in [0.5, 0.6) is 0 Å². The Morgan fingerprint density at radius 2 is 1.61 bits per heavy atom. The second kappa shape index (κ2) is 11.3. The van der Waals surface area contributed by atoms with Crippen LogP contribution in [0.25, 0.3) is 0 Å². The number of nitrogens with zero attached hydrogens (tertiary/aromatic N) is 1. The summed E-state index contributed by atoms with van der Waals surface area (Å²) in [5.41, 5.74) is 3.43. The number of anilines is 2. The van der Waals surface area contributed by atoms with E-state index < -0.39 is 17.8 Å². The van der Waals surface area contributed by atoms with E-state index in [9.17, 15) is 14.4 Å². The van der Waals surface area contributed by atoms with E-state index in [-0.39, 0.29) is 28.5 Å². The number of ether oxygens (including phenoxy) is 1. The molecule has 0 saturated carbocycles. The van der Waals surface area contributed by atoms with Crippen molar-refractivity contribution >= 4 is 40.9 Å². The topological polar surface area (TPSA) is 75.7 Å². The summed E-state index contributed by atoms with van der Waals surface area (Å²) < 4.78 is 5.31. The Kier molecular flexibility index (Phi) is 7.90. The molecule has 1 aliphatic rings. The van der Waals surface area contributed by atoms with Crippen molar-refractivity contribution in [1.29, 1.82) is 0 Å². The van der Waals surface area contributed by atoms with Crippen LogP contribution in [0.2, 0.25) is 0 Å². The summed E-state index contributed by atoms with van der Waals surface area (Å²) in [5.74, 6) is -1.58. The van der Waals surface area contributed by atoms with Crippen molar-refractivity contribution in [2.75, 3.05) is 16.8 Å². The van der Waals surface area contributed by atoms with E-state index in [0.717, 1.165) is 33.0 Å². The number of imide groups is 1. The predicted octanol–water partition coefficient (Wildman–Crippen LogP) is 6.11. The van der Waals surface area contributed by atoms with Gasteiger partial charge in [0.2, 0.25) is 0 Å². The zero-order valence-electron chi connectivity index (χ0n) is 20.5. The summed E-state index contributed by atoms with van der Waals surface area (Å²) in [7, 11) is 0. The molecule has 0 spiro atoms. The number of aryl methyl sites for hydroxylation is 2. The molecule has 4 rings (SSSR count). The fourth-order valence-corrected chi connectivity index (χ4v) is 4.78. The Bertz CT molecular complexity index is 1330. The van der Waals surface area contributed by atoms with Crippen LogP contribution in [0.15, 0.2) is 88.3 Å². The van der Waals surface area contributed by atoms with Crippen molar-refractivity contribution in [2.24, 2.45) is 0 Å². The Hall–Kier alpha value is -3.84. The number of carbonyl (C=O) groups is 3. The van der Waals surface area contributed by atoms with E-state index in [4.69, 9.17) is 4.74 Å². The lowest BCUT2D eigenvalue weighted by Gasteiger charge is -2.18. The lowest BCUT2D eigenvalue weighted by atomic mass is 10.1. The maximum Gasteiger partial charge on any atom is 0.340 e. The third-order valence-electron chi connectivity index (χ3n) is 5.74. The molecule has 6 nitrogen and oxygen atoms in total. The van der Waals surface area contributed by atoms with Crippen molar-refractivity contribution < 1.29 is 19.1 Å². The third-order valence-corrected chi connectivity index (χ3v) is 6.83. The molecule has 0 aliphatic carbocycles. The lowest BCUT2D eigenvalue weighted by molar-refractivity contribution is -0.120. The minimum absolute atomic E-state index is 0.169. The monoisotopic (exact) mass is 500 g/mol. The molecule has 0 unspecified atom stereocenters. The van der Waals surface area contributed by atoms with Gasteiger partial charge in [-0.3, -0.25) is 9.59 Å². The van der Waals surface area contributed by atoms with Gasteiger partial charge in [-0.25, -0.2) is 9.69 Å². The number of hydrogen-bond acceptors (Lipinski definition) is 6. The van der Waals surface area contributed by atoms with Gasteiger partial charge in [0.25, 0.3) is 11.8 Å². The third kappa shape index (κ3) is 5.21. The molecule has 7 heteroatoms. The Morgan fingerprint density at radius 1 is 0.917 bits per heavy atom. The van der Waals surface area contributed by atoms with Crippen LogP contribution < -0.4 is 10.2 Å². The number of hydrogen-bond donors (Lipinski definition) is 1. The molecule has 36 heavy (non-hydrogen) atoms. The number of amides is 2. The van der Waals surface area contributed by atoms with E-state index >= 15 is 0 Å². The summed E-state index contributed by atoms with van der Waals surface area (Å²) in [6.07, 6.45) is 1.42. The molecular weight excluding hydrogens is 472 g/mol. The average molecular weight is 501 g/mol. The second-order valence-corrected chi connectivity index (χ2v) is 9.44. The molecule has 1 N–H and O–H groups in total. The molecule has 3 aromatic carbocycles. The van der Waals surface area contributed by atoms with Crippen LogP contribution in [0.1, 0.15) is 41.8 Å². The molecule has 1 heterocycles. The second-order valence-electron chi connectivity index (χ2n) is 8.35. The quantitative estimate of drug-likeness (QED) is 0.282. The number of para-hydroxylation sites is 2. The highest BCUT2D eigenvalue weighted by Crippen LogP contribution is 2.39. The fourth-order valence-electron chi connectivity index (χ4n) is 3.86. The van der Waals surface area contributed by atoms with Crippen molar-refractivity contribution in [3.8, 4) is 0 Å². The van der Waals surface area contributed by atoms with Gasteiger partial charge in [-0.15, -0.1) is 0 Å². The first-order chi connectivity index (χ1) is 17.4. The molecule has 0 atom stereocenters. The van der Waals surface area contributed by atoms with Gasteiger partial charge < -0.3 is 10.1 Å². The molecule has 1 aliphatic heterocycles. The number of benzene rings is 3. The van der Waals surface area contributed by atoms with E-state index in [1.165, 1.54) is 11.8 Å². The zero-order valence-corrected chi connectivity index (χ0v) is 21.4. The van der Waals surface area contributed by atoms with Crippen LogP contribution in [-0.2, 0) is 20.7 Å². The highest BCUT2D eigenvalue weighted by Gasteiger charge is 2.42. The Labute approximate surface area is 215 Å². The Balaban J connectivity index is 1.77. The first-order valence-electron chi connectivity index (χ1n) is 11.9. The first kappa shape index (κ1) is 25.3. The minimum atomic E-state index is -0.571. The first-order valence-corrected chi connectivity index (χ1v) is 12.7. The molecular formula is C29H28N2O4S. The maximum atomic E-state index is 13.8. The lowest BCUT2D eigenvalue weighted by Crippen LogP contribution is -2.34. The number of rotatable bonds is 9. The molecule has 0 bridgehead atoms. The van der Waals surface area contributed by atoms with E-state index in [2.05, 4.69) is 5.32 Å². The van der Waals surface area contributed by atoms with E-state index in [1.807, 2.05) is 69.3 Å². The molecule has 184 valence electrons. The van der Waals surface area contributed by atoms with Gasteiger partial charge in [0.05, 0.1) is 17.9 Å². The van der Waals surface area contributed by atoms with Gasteiger partial charge in [0, 0.05) is 10.6 Å². The van der Waals surface area contributed by atoms with Crippen LogP contribution in [-0.4, -0.2) is 24.4 Å². The normalized spacial score (nSPS) is 13.4. The molecule has 3 aromatic rings. The standard InChI is InChI=1S/C29H28N2O4S/c1-4-18-35-29(34)22-11-7-9-13-24(22)31-27(32)25(30-23-12-8-6-10-20(23)5-2)26(28(31)33)36-21-16-14-19(3)15-17-21/h6-17,30H,4-5,18H2,1-3H3. The molecule has 0 saturated heterocycles. The van der Waals surface area contributed by atoms with Crippen molar-refractivity contribution in [2.45, 2.75) is 38.5 Å². The van der Waals surface area contributed by atoms with Crippen LogP contribution in [0.4, 0.5) is 11.4 Å². The number of thioether (sulfide) groups is 1. The molecule has 2 amide bonds. The van der Waals surface area contributed by atoms with Gasteiger partial charge in [-0.2, -0.15) is 0 Å². The fraction of sp³-hybridized carbons (Fsp3) is 0.207. The van der Waals surface area contributed by atoms with Gasteiger partial charge in [0.15, 0.2) is 0 Å². The SMILES string of the molecule is CCCOC(=O)c1ccccc1N1C(=O)C(Nc2ccccc2CC)=C(Sc2ccc(C)cc2)C1=O. The van der Waals surface area contributed by atoms with E-state index in [0.29, 0.717) is 6.42 Å². The smallest absolute Gasteiger partial charge is 0.340 e. The predicted molar refractivity (Wildman–Crippen MR) is 143 cm³/mol. The summed E-state index contributed by atoms with van der Waals surface area (Å²) in [6.45, 7) is 6.17. The summed E-state index contributed by atoms with van der Waals surface area (Å²) in [4.78, 5) is 42.5. The highest BCUT2D eigenvalue weighted by atomic mass is 32.2. The van der Waals surface area contributed by atoms with Crippen molar-refractivity contribution in [3.63, 3.8) is 0 Å². The molecule has 0 fully saturated rings. The van der Waals surface area contributed by atoms with Crippen LogP contribution >= 0.6 is 11.8 Å². The van der Waals surface area contributed by atoms with E-state index in [1.54, 1.807) is 24.3 Å². The highest BCUT2D eigenvalue weighted by molar-refractivity contribution is 8.04. The molecule has 0 radical (unpaired) electrons. The largest absolute Gasteiger partial charge is 0.462 e. The summed E-state index contributed by atoms with van der Waals surface area (Å²) in [5, 5.41) is 3.24. The number of esters is 1. The van der Waals surface area contributed by atoms with Gasteiger partial charge in [0.1, 0.15) is 10.6 Å². The summed E-state index contributed by atoms with van der Waals surface area (Å²) >= 11 is 1.23. The number of carbonyl (C=O) groups excluding carboxylic acids is 3. The average Bonchev–Trinajstić information content (AvgIpc) is 3.12. The zero-order chi connectivity index (χ0) is 25.7. The minimum Gasteiger partial charge on any atom is -0.462 e. The van der Waals surface area contributed by atoms with Crippen molar-refractivity contribution in [1.82, 2.24) is 0 Å². The molecule has 0 aromatic heterocycles. The van der Waals surface area contributed by atoms with Gasteiger partial charge in [-0.05, 0) is 55.7 Å². The van der Waals surface area contributed by atoms with Gasteiger partial charge >= 0.3 is 5.97 Å².